The summed E-state index contributed by atoms with van der Waals surface area (Å²) in [5.41, 5.74) is 1.04. The van der Waals surface area contributed by atoms with Gasteiger partial charge in [0.2, 0.25) is 0 Å². The lowest BCUT2D eigenvalue weighted by atomic mass is 10.1. The Morgan fingerprint density at radius 2 is 1.96 bits per heavy atom. The molecule has 0 heterocycles. The Morgan fingerprint density at radius 1 is 1.19 bits per heavy atom. The molecule has 0 bridgehead atoms. The van der Waals surface area contributed by atoms with E-state index in [1.165, 1.54) is 25.3 Å². The maximum atomic E-state index is 12.5. The average Bonchev–Trinajstić information content (AvgIpc) is 2.66. The normalized spacial score (nSPS) is 10.2. The fraction of sp³-hybridized carbons (Fsp3) is 0.278. The summed E-state index contributed by atoms with van der Waals surface area (Å²) in [7, 11) is 3.08. The van der Waals surface area contributed by atoms with Gasteiger partial charge in [-0.3, -0.25) is 10.1 Å². The molecule has 0 saturated heterocycles. The highest BCUT2D eigenvalue weighted by atomic mass is 16.6. The van der Waals surface area contributed by atoms with Crippen LogP contribution in [0.25, 0.3) is 0 Å². The maximum absolute atomic E-state index is 12.5. The van der Waals surface area contributed by atoms with E-state index in [1.54, 1.807) is 25.3 Å². The van der Waals surface area contributed by atoms with E-state index in [4.69, 9.17) is 14.2 Å². The molecule has 1 N–H and O–H groups in total. The van der Waals surface area contributed by atoms with Crippen molar-refractivity contribution >= 4 is 17.3 Å². The Kier molecular flexibility index (Phi) is 6.92. The lowest BCUT2D eigenvalue weighted by Gasteiger charge is -2.12. The van der Waals surface area contributed by atoms with E-state index in [-0.39, 0.29) is 17.9 Å². The van der Waals surface area contributed by atoms with Gasteiger partial charge in [0, 0.05) is 37.0 Å². The topological polar surface area (TPSA) is 99.9 Å². The Balaban J connectivity index is 2.19. The molecule has 0 aliphatic heterocycles. The van der Waals surface area contributed by atoms with Crippen LogP contribution in [0, 0.1) is 10.1 Å². The molecule has 26 heavy (non-hydrogen) atoms. The molecule has 2 rings (SSSR count). The van der Waals surface area contributed by atoms with E-state index in [9.17, 15) is 14.9 Å². The molecule has 0 fully saturated rings. The summed E-state index contributed by atoms with van der Waals surface area (Å²) in [5.74, 6) is -0.0719. The molecule has 2 aromatic carbocycles. The smallest absolute Gasteiger partial charge is 0.340 e. The second-order valence-corrected chi connectivity index (χ2v) is 5.29. The standard InChI is InChI=1S/C18H20N2O6/c1-24-10-9-19-16-8-7-14(20(22)23)11-15(16)18(21)26-12-13-5-3-4-6-17(13)25-2/h3-8,11,19H,9-10,12H2,1-2H3. The van der Waals surface area contributed by atoms with Crippen molar-refractivity contribution in [3.63, 3.8) is 0 Å². The number of anilines is 1. The Hall–Kier alpha value is -3.13. The Morgan fingerprint density at radius 3 is 2.65 bits per heavy atom. The van der Waals surface area contributed by atoms with Crippen molar-refractivity contribution in [2.75, 3.05) is 32.7 Å². The van der Waals surface area contributed by atoms with Crippen molar-refractivity contribution in [1.82, 2.24) is 0 Å². The second kappa shape index (κ2) is 9.38. The van der Waals surface area contributed by atoms with Crippen LogP contribution >= 0.6 is 0 Å². The zero-order chi connectivity index (χ0) is 18.9. The molecule has 2 aromatic rings. The number of hydrogen-bond acceptors (Lipinski definition) is 7. The zero-order valence-corrected chi connectivity index (χ0v) is 14.6. The summed E-state index contributed by atoms with van der Waals surface area (Å²) in [5, 5.41) is 14.0. The summed E-state index contributed by atoms with van der Waals surface area (Å²) < 4.78 is 15.5. The number of esters is 1. The number of rotatable bonds is 9. The summed E-state index contributed by atoms with van der Waals surface area (Å²) in [4.78, 5) is 22.9. The van der Waals surface area contributed by atoms with Crippen LogP contribution in [0.2, 0.25) is 0 Å². The summed E-state index contributed by atoms with van der Waals surface area (Å²) in [6.07, 6.45) is 0. The van der Waals surface area contributed by atoms with Crippen molar-refractivity contribution < 1.29 is 23.9 Å². The van der Waals surface area contributed by atoms with Crippen LogP contribution in [-0.2, 0) is 16.1 Å². The molecule has 0 atom stereocenters. The van der Waals surface area contributed by atoms with E-state index in [1.807, 2.05) is 6.07 Å². The van der Waals surface area contributed by atoms with Gasteiger partial charge in [0.15, 0.2) is 0 Å². The van der Waals surface area contributed by atoms with E-state index < -0.39 is 10.9 Å². The van der Waals surface area contributed by atoms with Crippen molar-refractivity contribution in [2.24, 2.45) is 0 Å². The number of nitro groups is 1. The van der Waals surface area contributed by atoms with Gasteiger partial charge in [0.25, 0.3) is 5.69 Å². The third-order valence-corrected chi connectivity index (χ3v) is 3.61. The lowest BCUT2D eigenvalue weighted by Crippen LogP contribution is -2.13. The van der Waals surface area contributed by atoms with Crippen LogP contribution in [0.4, 0.5) is 11.4 Å². The average molecular weight is 360 g/mol. The van der Waals surface area contributed by atoms with Crippen LogP contribution in [-0.4, -0.2) is 38.3 Å². The van der Waals surface area contributed by atoms with Gasteiger partial charge in [-0.2, -0.15) is 0 Å². The van der Waals surface area contributed by atoms with Crippen LogP contribution in [0.1, 0.15) is 15.9 Å². The summed E-state index contributed by atoms with van der Waals surface area (Å²) >= 11 is 0. The highest BCUT2D eigenvalue weighted by molar-refractivity contribution is 5.96. The number of carbonyl (C=O) groups excluding carboxylic acids is 1. The molecule has 0 saturated carbocycles. The quantitative estimate of drug-likeness (QED) is 0.317. The number of para-hydroxylation sites is 1. The van der Waals surface area contributed by atoms with Crippen LogP contribution in [0.15, 0.2) is 42.5 Å². The number of benzene rings is 2. The fourth-order valence-corrected chi connectivity index (χ4v) is 2.30. The van der Waals surface area contributed by atoms with Gasteiger partial charge < -0.3 is 19.5 Å². The first-order valence-electron chi connectivity index (χ1n) is 7.87. The molecule has 0 aliphatic rings. The molecule has 0 aliphatic carbocycles. The van der Waals surface area contributed by atoms with Crippen molar-refractivity contribution in [3.05, 3.63) is 63.7 Å². The molecule has 0 unspecified atom stereocenters. The van der Waals surface area contributed by atoms with Gasteiger partial charge >= 0.3 is 5.97 Å². The third kappa shape index (κ3) is 4.93. The molecular weight excluding hydrogens is 340 g/mol. The highest BCUT2D eigenvalue weighted by Crippen LogP contribution is 2.24. The fourth-order valence-electron chi connectivity index (χ4n) is 2.30. The summed E-state index contributed by atoms with van der Waals surface area (Å²) in [6, 6.07) is 11.1. The Labute approximate surface area is 150 Å². The molecule has 0 amide bonds. The first kappa shape index (κ1) is 19.2. The number of hydrogen-bond donors (Lipinski definition) is 1. The second-order valence-electron chi connectivity index (χ2n) is 5.29. The molecule has 0 aromatic heterocycles. The predicted molar refractivity (Wildman–Crippen MR) is 95.6 cm³/mol. The van der Waals surface area contributed by atoms with Gasteiger partial charge in [-0.25, -0.2) is 4.79 Å². The number of nitrogens with zero attached hydrogens (tertiary/aromatic N) is 1. The van der Waals surface area contributed by atoms with E-state index in [2.05, 4.69) is 5.32 Å². The molecule has 138 valence electrons. The van der Waals surface area contributed by atoms with Gasteiger partial charge in [0.05, 0.1) is 24.2 Å². The molecular formula is C18H20N2O6. The monoisotopic (exact) mass is 360 g/mol. The largest absolute Gasteiger partial charge is 0.496 e. The first-order valence-corrected chi connectivity index (χ1v) is 7.87. The maximum Gasteiger partial charge on any atom is 0.340 e. The van der Waals surface area contributed by atoms with Crippen molar-refractivity contribution in [2.45, 2.75) is 6.61 Å². The number of nitro benzene ring substituents is 1. The third-order valence-electron chi connectivity index (χ3n) is 3.61. The molecule has 0 spiro atoms. The number of methoxy groups -OCH3 is 2. The minimum absolute atomic E-state index is 0.0109. The minimum atomic E-state index is -0.667. The van der Waals surface area contributed by atoms with Gasteiger partial charge in [-0.15, -0.1) is 0 Å². The number of carbonyl (C=O) groups is 1. The van der Waals surface area contributed by atoms with Gasteiger partial charge in [-0.1, -0.05) is 18.2 Å². The van der Waals surface area contributed by atoms with E-state index in [0.29, 0.717) is 30.2 Å². The number of non-ortho nitro benzene ring substituents is 1. The van der Waals surface area contributed by atoms with Crippen LogP contribution in [0.5, 0.6) is 5.75 Å². The van der Waals surface area contributed by atoms with E-state index >= 15 is 0 Å². The predicted octanol–water partition coefficient (Wildman–Crippen LogP) is 3.02. The van der Waals surface area contributed by atoms with E-state index in [0.717, 1.165) is 0 Å². The lowest BCUT2D eigenvalue weighted by molar-refractivity contribution is -0.384. The van der Waals surface area contributed by atoms with Crippen molar-refractivity contribution in [3.8, 4) is 5.75 Å². The molecule has 8 heteroatoms. The Bertz CT molecular complexity index is 778. The molecule has 0 radical (unpaired) electrons. The highest BCUT2D eigenvalue weighted by Gasteiger charge is 2.18. The molecule has 8 nitrogen and oxygen atoms in total. The van der Waals surface area contributed by atoms with Gasteiger partial charge in [0.1, 0.15) is 12.4 Å². The number of ether oxygens (including phenoxy) is 3. The first-order chi connectivity index (χ1) is 12.6. The minimum Gasteiger partial charge on any atom is -0.496 e. The van der Waals surface area contributed by atoms with Crippen molar-refractivity contribution in [1.29, 1.82) is 0 Å². The van der Waals surface area contributed by atoms with Crippen LogP contribution < -0.4 is 10.1 Å². The summed E-state index contributed by atoms with van der Waals surface area (Å²) in [6.45, 7) is 0.858. The number of nitrogens with one attached hydrogen (secondary N) is 1. The SMILES string of the molecule is COCCNc1ccc([N+](=O)[O-])cc1C(=O)OCc1ccccc1OC. The zero-order valence-electron chi connectivity index (χ0n) is 14.6. The van der Waals surface area contributed by atoms with Gasteiger partial charge in [-0.05, 0) is 12.1 Å². The van der Waals surface area contributed by atoms with Crippen LogP contribution in [0.3, 0.4) is 0 Å².